The van der Waals surface area contributed by atoms with Crippen LogP contribution in [0.25, 0.3) is 6.08 Å². The van der Waals surface area contributed by atoms with Crippen molar-refractivity contribution in [3.8, 4) is 5.75 Å². The minimum absolute atomic E-state index is 0.0332. The van der Waals surface area contributed by atoms with E-state index in [4.69, 9.17) is 0 Å². The lowest BCUT2D eigenvalue weighted by molar-refractivity contribution is -0.116. The molecule has 1 aromatic rings. The van der Waals surface area contributed by atoms with E-state index in [0.29, 0.717) is 5.92 Å². The lowest BCUT2D eigenvalue weighted by atomic mass is 9.87. The first-order chi connectivity index (χ1) is 9.52. The van der Waals surface area contributed by atoms with Crippen molar-refractivity contribution in [2.24, 2.45) is 5.92 Å². The number of carbonyl (C=O) groups is 1. The highest BCUT2D eigenvalue weighted by atomic mass is 16.3. The number of amides is 1. The molecule has 2 heterocycles. The lowest BCUT2D eigenvalue weighted by Crippen LogP contribution is -2.47. The molecule has 0 aromatic heterocycles. The maximum absolute atomic E-state index is 12.2. The van der Waals surface area contributed by atoms with Crippen LogP contribution in [0.5, 0.6) is 5.75 Å². The molecule has 1 saturated heterocycles. The van der Waals surface area contributed by atoms with Gasteiger partial charge < -0.3 is 15.3 Å². The largest absolute Gasteiger partial charge is 0.508 e. The number of fused-ring (bicyclic) bond motifs is 2. The molecule has 106 valence electrons. The zero-order valence-corrected chi connectivity index (χ0v) is 12.1. The van der Waals surface area contributed by atoms with Crippen molar-refractivity contribution in [2.45, 2.75) is 32.4 Å². The predicted octanol–water partition coefficient (Wildman–Crippen LogP) is 2.14. The van der Waals surface area contributed by atoms with E-state index < -0.39 is 0 Å². The molecule has 0 radical (unpaired) electrons. The molecule has 0 spiro atoms. The van der Waals surface area contributed by atoms with Crippen LogP contribution in [0, 0.1) is 5.92 Å². The Bertz CT molecular complexity index is 594. The van der Waals surface area contributed by atoms with Gasteiger partial charge in [0.1, 0.15) is 5.75 Å². The van der Waals surface area contributed by atoms with Crippen molar-refractivity contribution in [3.05, 3.63) is 29.3 Å². The summed E-state index contributed by atoms with van der Waals surface area (Å²) in [5.74, 6) is 0.701. The minimum Gasteiger partial charge on any atom is -0.508 e. The zero-order chi connectivity index (χ0) is 14.4. The molecule has 0 aliphatic carbocycles. The number of aromatic hydroxyl groups is 1. The second kappa shape index (κ2) is 4.54. The summed E-state index contributed by atoms with van der Waals surface area (Å²) in [6.07, 6.45) is 2.98. The molecule has 0 saturated carbocycles. The van der Waals surface area contributed by atoms with Gasteiger partial charge in [-0.05, 0) is 29.7 Å². The van der Waals surface area contributed by atoms with Gasteiger partial charge in [-0.25, -0.2) is 0 Å². The lowest BCUT2D eigenvalue weighted by Gasteiger charge is -2.37. The van der Waals surface area contributed by atoms with E-state index in [0.717, 1.165) is 23.2 Å². The average molecular weight is 272 g/mol. The third-order valence-corrected chi connectivity index (χ3v) is 4.60. The quantitative estimate of drug-likeness (QED) is 0.867. The number of phenolic OH excluding ortho intramolecular Hbond substituents is 1. The monoisotopic (exact) mass is 272 g/mol. The second-order valence-electron chi connectivity index (χ2n) is 5.78. The summed E-state index contributed by atoms with van der Waals surface area (Å²) >= 11 is 0. The van der Waals surface area contributed by atoms with Crippen molar-refractivity contribution in [1.82, 2.24) is 5.32 Å². The van der Waals surface area contributed by atoms with Gasteiger partial charge in [-0.3, -0.25) is 4.79 Å². The Labute approximate surface area is 119 Å². The summed E-state index contributed by atoms with van der Waals surface area (Å²) in [4.78, 5) is 14.3. The number of hydrogen-bond acceptors (Lipinski definition) is 3. The maximum Gasteiger partial charge on any atom is 0.249 e. The molecule has 1 unspecified atom stereocenters. The van der Waals surface area contributed by atoms with E-state index in [9.17, 15) is 9.90 Å². The number of phenols is 1. The fourth-order valence-corrected chi connectivity index (χ4v) is 3.23. The molecular weight excluding hydrogens is 252 g/mol. The van der Waals surface area contributed by atoms with Crippen LogP contribution in [0.1, 0.15) is 25.8 Å². The number of likely N-dealkylation sites (N-methyl/N-ethyl adjacent to an activating group) is 1. The Morgan fingerprint density at radius 1 is 1.45 bits per heavy atom. The van der Waals surface area contributed by atoms with Crippen molar-refractivity contribution in [3.63, 3.8) is 0 Å². The first kappa shape index (κ1) is 13.0. The number of carbonyl (C=O) groups excluding carboxylic acids is 1. The van der Waals surface area contributed by atoms with Crippen LogP contribution in [-0.2, 0) is 4.79 Å². The molecule has 2 aliphatic heterocycles. The Balaban J connectivity index is 2.08. The molecular formula is C16H20N2O2. The predicted molar refractivity (Wildman–Crippen MR) is 79.7 cm³/mol. The van der Waals surface area contributed by atoms with Crippen LogP contribution in [0.4, 0.5) is 5.69 Å². The summed E-state index contributed by atoms with van der Waals surface area (Å²) in [5, 5.41) is 12.8. The van der Waals surface area contributed by atoms with Gasteiger partial charge in [0.25, 0.3) is 0 Å². The number of benzene rings is 1. The normalized spacial score (nSPS) is 25.6. The summed E-state index contributed by atoms with van der Waals surface area (Å²) < 4.78 is 0. The van der Waals surface area contributed by atoms with Crippen molar-refractivity contribution < 1.29 is 9.90 Å². The molecule has 3 rings (SSSR count). The van der Waals surface area contributed by atoms with Crippen molar-refractivity contribution >= 4 is 17.7 Å². The molecule has 1 amide bonds. The Kier molecular flexibility index (Phi) is 2.96. The zero-order valence-electron chi connectivity index (χ0n) is 12.1. The van der Waals surface area contributed by atoms with E-state index in [2.05, 4.69) is 24.1 Å². The average Bonchev–Trinajstić information content (AvgIpc) is 2.77. The van der Waals surface area contributed by atoms with Crippen LogP contribution in [0.15, 0.2) is 23.8 Å². The molecule has 1 aromatic carbocycles. The van der Waals surface area contributed by atoms with Crippen LogP contribution in [-0.4, -0.2) is 30.1 Å². The molecule has 4 heteroatoms. The Morgan fingerprint density at radius 3 is 2.90 bits per heavy atom. The Morgan fingerprint density at radius 2 is 2.20 bits per heavy atom. The first-order valence-electron chi connectivity index (χ1n) is 7.11. The highest BCUT2D eigenvalue weighted by molar-refractivity contribution is 6.05. The molecule has 20 heavy (non-hydrogen) atoms. The van der Waals surface area contributed by atoms with Crippen LogP contribution >= 0.6 is 0 Å². The smallest absolute Gasteiger partial charge is 0.249 e. The summed E-state index contributed by atoms with van der Waals surface area (Å²) in [5.41, 5.74) is 2.79. The van der Waals surface area contributed by atoms with Gasteiger partial charge in [0.15, 0.2) is 0 Å². The minimum atomic E-state index is 0.0332. The highest BCUT2D eigenvalue weighted by Crippen LogP contribution is 2.39. The SMILES string of the molecule is CC[C@H](C)[C@H]1NC(=O)C2=Cc3ccc(O)cc3N(C)C21. The second-order valence-corrected chi connectivity index (χ2v) is 5.78. The van der Waals surface area contributed by atoms with Crippen molar-refractivity contribution in [2.75, 3.05) is 11.9 Å². The molecule has 2 aliphatic rings. The molecule has 2 N–H and O–H groups in total. The Hall–Kier alpha value is -1.97. The third kappa shape index (κ3) is 1.79. The van der Waals surface area contributed by atoms with E-state index >= 15 is 0 Å². The summed E-state index contributed by atoms with van der Waals surface area (Å²) in [6.45, 7) is 4.31. The van der Waals surface area contributed by atoms with E-state index in [-0.39, 0.29) is 23.7 Å². The van der Waals surface area contributed by atoms with E-state index in [1.807, 2.05) is 19.2 Å². The molecule has 4 nitrogen and oxygen atoms in total. The summed E-state index contributed by atoms with van der Waals surface area (Å²) in [7, 11) is 1.99. The van der Waals surface area contributed by atoms with E-state index in [1.54, 1.807) is 12.1 Å². The van der Waals surface area contributed by atoms with Crippen LogP contribution < -0.4 is 10.2 Å². The van der Waals surface area contributed by atoms with Gasteiger partial charge in [0.2, 0.25) is 5.91 Å². The fourth-order valence-electron chi connectivity index (χ4n) is 3.23. The molecule has 1 fully saturated rings. The third-order valence-electron chi connectivity index (χ3n) is 4.60. The summed E-state index contributed by atoms with van der Waals surface area (Å²) in [6, 6.07) is 5.45. The van der Waals surface area contributed by atoms with Crippen LogP contribution in [0.2, 0.25) is 0 Å². The van der Waals surface area contributed by atoms with Gasteiger partial charge in [0.05, 0.1) is 12.1 Å². The topological polar surface area (TPSA) is 52.6 Å². The van der Waals surface area contributed by atoms with Gasteiger partial charge in [0, 0.05) is 24.4 Å². The number of hydrogen-bond donors (Lipinski definition) is 2. The van der Waals surface area contributed by atoms with Crippen molar-refractivity contribution in [1.29, 1.82) is 0 Å². The van der Waals surface area contributed by atoms with E-state index in [1.165, 1.54) is 0 Å². The fraction of sp³-hybridized carbons (Fsp3) is 0.438. The van der Waals surface area contributed by atoms with Gasteiger partial charge in [-0.2, -0.15) is 0 Å². The van der Waals surface area contributed by atoms with Gasteiger partial charge in [-0.1, -0.05) is 20.3 Å². The number of nitrogens with one attached hydrogen (secondary N) is 1. The van der Waals surface area contributed by atoms with Gasteiger partial charge >= 0.3 is 0 Å². The first-order valence-corrected chi connectivity index (χ1v) is 7.11. The number of nitrogens with zero attached hydrogens (tertiary/aromatic N) is 1. The number of anilines is 1. The maximum atomic E-state index is 12.2. The standard InChI is InChI=1S/C16H20N2O2/c1-4-9(2)14-15-12(16(20)17-14)7-10-5-6-11(19)8-13(10)18(15)3/h5-9,14-15,19H,4H2,1-3H3,(H,17,20)/t9-,14+,15?/m0/s1. The highest BCUT2D eigenvalue weighted by Gasteiger charge is 2.44. The van der Waals surface area contributed by atoms with Crippen LogP contribution in [0.3, 0.4) is 0 Å². The van der Waals surface area contributed by atoms with Gasteiger partial charge in [-0.15, -0.1) is 0 Å². The number of rotatable bonds is 2. The molecule has 3 atom stereocenters. The molecule has 0 bridgehead atoms.